The van der Waals surface area contributed by atoms with Gasteiger partial charge in [0.15, 0.2) is 0 Å². The molecule has 0 aromatic heterocycles. The minimum absolute atomic E-state index is 1.12. The normalized spacial score (nSPS) is 17.7. The molecule has 0 spiro atoms. The van der Waals surface area contributed by atoms with Gasteiger partial charge < -0.3 is 4.72 Å². The summed E-state index contributed by atoms with van der Waals surface area (Å²) in [6, 6.07) is 8.28. The van der Waals surface area contributed by atoms with E-state index in [0.717, 1.165) is 10.2 Å². The van der Waals surface area contributed by atoms with Crippen molar-refractivity contribution in [3.8, 4) is 0 Å². The highest BCUT2D eigenvalue weighted by Gasteiger charge is 2.10. The second-order valence-corrected chi connectivity index (χ2v) is 5.51. The molecule has 4 heteroatoms. The van der Waals surface area contributed by atoms with Crippen molar-refractivity contribution in [2.45, 2.75) is 19.3 Å². The zero-order valence-corrected chi connectivity index (χ0v) is 11.0. The lowest BCUT2D eigenvalue weighted by Crippen LogP contribution is -2.24. The quantitative estimate of drug-likeness (QED) is 0.848. The van der Waals surface area contributed by atoms with Crippen LogP contribution in [0.1, 0.15) is 19.3 Å². The molecule has 1 aromatic carbocycles. The second-order valence-electron chi connectivity index (χ2n) is 3.69. The van der Waals surface area contributed by atoms with Gasteiger partial charge in [0.1, 0.15) is 0 Å². The summed E-state index contributed by atoms with van der Waals surface area (Å²) >= 11 is 5.15. The number of rotatable bonds is 3. The van der Waals surface area contributed by atoms with E-state index >= 15 is 0 Å². The van der Waals surface area contributed by atoms with Crippen molar-refractivity contribution in [2.24, 2.45) is 0 Å². The van der Waals surface area contributed by atoms with Gasteiger partial charge in [-0.25, -0.2) is 4.31 Å². The van der Waals surface area contributed by atoms with Crippen LogP contribution in [0.2, 0.25) is 0 Å². The Balaban J connectivity index is 1.79. The SMILES string of the molecule is Brc1ccc(NSN2CCCCC2)cc1. The van der Waals surface area contributed by atoms with E-state index in [1.807, 2.05) is 0 Å². The van der Waals surface area contributed by atoms with Gasteiger partial charge in [0, 0.05) is 35.4 Å². The largest absolute Gasteiger partial charge is 0.317 e. The maximum absolute atomic E-state index is 3.43. The summed E-state index contributed by atoms with van der Waals surface area (Å²) in [5, 5.41) is 0. The zero-order valence-electron chi connectivity index (χ0n) is 8.58. The first-order valence-corrected chi connectivity index (χ1v) is 6.85. The van der Waals surface area contributed by atoms with Crippen LogP contribution in [-0.2, 0) is 0 Å². The first-order valence-electron chi connectivity index (χ1n) is 5.28. The molecule has 15 heavy (non-hydrogen) atoms. The molecular formula is C11H15BrN2S. The monoisotopic (exact) mass is 286 g/mol. The van der Waals surface area contributed by atoms with Gasteiger partial charge in [-0.3, -0.25) is 0 Å². The summed E-state index contributed by atoms with van der Waals surface area (Å²) in [4.78, 5) is 0. The highest BCUT2D eigenvalue weighted by Crippen LogP contribution is 2.21. The fraction of sp³-hybridized carbons (Fsp3) is 0.455. The third-order valence-electron chi connectivity index (χ3n) is 2.45. The van der Waals surface area contributed by atoms with E-state index in [-0.39, 0.29) is 0 Å². The van der Waals surface area contributed by atoms with E-state index in [1.165, 1.54) is 32.4 Å². The number of hydrogen-bond donors (Lipinski definition) is 1. The Labute approximate surface area is 104 Å². The molecule has 1 N–H and O–H groups in total. The molecule has 1 aliphatic rings. The molecule has 0 atom stereocenters. The van der Waals surface area contributed by atoms with Gasteiger partial charge in [0.25, 0.3) is 0 Å². The Morgan fingerprint density at radius 2 is 1.73 bits per heavy atom. The first-order chi connectivity index (χ1) is 7.34. The average Bonchev–Trinajstić information content (AvgIpc) is 2.30. The highest BCUT2D eigenvalue weighted by atomic mass is 79.9. The van der Waals surface area contributed by atoms with E-state index in [1.54, 1.807) is 12.1 Å². The lowest BCUT2D eigenvalue weighted by molar-refractivity contribution is 0.381. The van der Waals surface area contributed by atoms with Crippen molar-refractivity contribution in [2.75, 3.05) is 17.8 Å². The molecule has 1 saturated heterocycles. The summed E-state index contributed by atoms with van der Waals surface area (Å²) in [6.45, 7) is 2.41. The summed E-state index contributed by atoms with van der Waals surface area (Å²) in [7, 11) is 0. The molecule has 1 heterocycles. The fourth-order valence-electron chi connectivity index (χ4n) is 1.59. The molecule has 0 bridgehead atoms. The van der Waals surface area contributed by atoms with Crippen molar-refractivity contribution in [3.05, 3.63) is 28.7 Å². The Bertz CT molecular complexity index is 296. The summed E-state index contributed by atoms with van der Waals surface area (Å²) in [5.41, 5.74) is 1.16. The van der Waals surface area contributed by atoms with E-state index in [0.29, 0.717) is 0 Å². The molecule has 0 radical (unpaired) electrons. The molecule has 1 fully saturated rings. The lowest BCUT2D eigenvalue weighted by atomic mass is 10.2. The molecule has 2 nitrogen and oxygen atoms in total. The van der Waals surface area contributed by atoms with Crippen LogP contribution in [0.25, 0.3) is 0 Å². The van der Waals surface area contributed by atoms with Gasteiger partial charge in [0.05, 0.1) is 0 Å². The van der Waals surface area contributed by atoms with E-state index < -0.39 is 0 Å². The minimum atomic E-state index is 1.12. The average molecular weight is 287 g/mol. The predicted molar refractivity (Wildman–Crippen MR) is 70.8 cm³/mol. The van der Waals surface area contributed by atoms with Gasteiger partial charge in [0.2, 0.25) is 0 Å². The van der Waals surface area contributed by atoms with Crippen molar-refractivity contribution < 1.29 is 0 Å². The number of benzene rings is 1. The van der Waals surface area contributed by atoms with Gasteiger partial charge in [-0.15, -0.1) is 0 Å². The molecule has 1 aromatic rings. The van der Waals surface area contributed by atoms with Crippen LogP contribution < -0.4 is 4.72 Å². The van der Waals surface area contributed by atoms with Gasteiger partial charge >= 0.3 is 0 Å². The third kappa shape index (κ3) is 3.70. The van der Waals surface area contributed by atoms with Gasteiger partial charge in [-0.1, -0.05) is 22.4 Å². The number of nitrogens with zero attached hydrogens (tertiary/aromatic N) is 1. The Morgan fingerprint density at radius 1 is 1.07 bits per heavy atom. The zero-order chi connectivity index (χ0) is 10.5. The van der Waals surface area contributed by atoms with Crippen molar-refractivity contribution >= 4 is 33.8 Å². The topological polar surface area (TPSA) is 15.3 Å². The minimum Gasteiger partial charge on any atom is -0.317 e. The van der Waals surface area contributed by atoms with Crippen LogP contribution in [0.3, 0.4) is 0 Å². The van der Waals surface area contributed by atoms with Crippen LogP contribution in [0.5, 0.6) is 0 Å². The highest BCUT2D eigenvalue weighted by molar-refractivity contribution is 9.10. The van der Waals surface area contributed by atoms with Crippen molar-refractivity contribution in [1.82, 2.24) is 4.31 Å². The fourth-order valence-corrected chi connectivity index (χ4v) is 2.67. The molecule has 0 amide bonds. The molecule has 0 aliphatic carbocycles. The Kier molecular flexibility index (Phi) is 4.35. The van der Waals surface area contributed by atoms with Crippen LogP contribution in [0, 0.1) is 0 Å². The number of halogens is 1. The van der Waals surface area contributed by atoms with Crippen LogP contribution in [-0.4, -0.2) is 17.4 Å². The summed E-state index contributed by atoms with van der Waals surface area (Å²) < 4.78 is 6.88. The number of piperidine rings is 1. The Morgan fingerprint density at radius 3 is 2.40 bits per heavy atom. The number of anilines is 1. The van der Waals surface area contributed by atoms with E-state index in [4.69, 9.17) is 0 Å². The van der Waals surface area contributed by atoms with Crippen LogP contribution in [0.4, 0.5) is 5.69 Å². The number of nitrogens with one attached hydrogen (secondary N) is 1. The van der Waals surface area contributed by atoms with E-state index in [9.17, 15) is 0 Å². The standard InChI is InChI=1S/C11H15BrN2S/c12-10-4-6-11(7-5-10)13-15-14-8-2-1-3-9-14/h4-7,13H,1-3,8-9H2. The molecule has 0 saturated carbocycles. The second kappa shape index (κ2) is 5.77. The number of hydrogen-bond acceptors (Lipinski definition) is 3. The van der Waals surface area contributed by atoms with Gasteiger partial charge in [-0.2, -0.15) is 0 Å². The summed E-state index contributed by atoms with van der Waals surface area (Å²) in [6.07, 6.45) is 4.04. The van der Waals surface area contributed by atoms with Crippen LogP contribution >= 0.6 is 28.1 Å². The summed E-state index contributed by atoms with van der Waals surface area (Å²) in [5.74, 6) is 0. The smallest absolute Gasteiger partial charge is 0.0452 e. The van der Waals surface area contributed by atoms with Crippen molar-refractivity contribution in [1.29, 1.82) is 0 Å². The van der Waals surface area contributed by atoms with Crippen LogP contribution in [0.15, 0.2) is 28.7 Å². The van der Waals surface area contributed by atoms with Gasteiger partial charge in [-0.05, 0) is 37.1 Å². The molecular weight excluding hydrogens is 272 g/mol. The molecule has 2 rings (SSSR count). The lowest BCUT2D eigenvalue weighted by Gasteiger charge is -2.24. The first kappa shape index (κ1) is 11.3. The Hall–Kier alpha value is -0.190. The molecule has 82 valence electrons. The van der Waals surface area contributed by atoms with E-state index in [2.05, 4.69) is 49.2 Å². The third-order valence-corrected chi connectivity index (χ3v) is 3.93. The maximum Gasteiger partial charge on any atom is 0.0452 e. The maximum atomic E-state index is 3.43. The predicted octanol–water partition coefficient (Wildman–Crippen LogP) is 3.91. The molecule has 0 unspecified atom stereocenters. The molecule has 1 aliphatic heterocycles. The van der Waals surface area contributed by atoms with Crippen molar-refractivity contribution in [3.63, 3.8) is 0 Å².